The summed E-state index contributed by atoms with van der Waals surface area (Å²) in [5, 5.41) is 14.0. The van der Waals surface area contributed by atoms with Gasteiger partial charge in [-0.15, -0.1) is 13.2 Å². The van der Waals surface area contributed by atoms with Crippen LogP contribution in [0, 0.1) is 17.2 Å². The summed E-state index contributed by atoms with van der Waals surface area (Å²) in [6.45, 7) is 1.56. The zero-order valence-electron chi connectivity index (χ0n) is 16.7. The van der Waals surface area contributed by atoms with Crippen molar-refractivity contribution in [2.45, 2.75) is 19.2 Å². The molecule has 0 unspecified atom stereocenters. The molecule has 0 saturated carbocycles. The number of aromatic nitrogens is 2. The molecule has 1 aliphatic rings. The van der Waals surface area contributed by atoms with Crippen LogP contribution in [0.15, 0.2) is 36.7 Å². The molecule has 0 radical (unpaired) electrons. The van der Waals surface area contributed by atoms with E-state index in [1.54, 1.807) is 0 Å². The minimum atomic E-state index is -4.81. The molecule has 1 aliphatic heterocycles. The molecule has 1 aromatic carbocycles. The van der Waals surface area contributed by atoms with Crippen molar-refractivity contribution in [3.05, 3.63) is 42.4 Å². The van der Waals surface area contributed by atoms with Crippen LogP contribution < -0.4 is 20.3 Å². The second-order valence-corrected chi connectivity index (χ2v) is 7.01. The van der Waals surface area contributed by atoms with Gasteiger partial charge in [0, 0.05) is 37.7 Å². The second-order valence-electron chi connectivity index (χ2n) is 7.01. The van der Waals surface area contributed by atoms with Gasteiger partial charge in [0.25, 0.3) is 0 Å². The van der Waals surface area contributed by atoms with Crippen LogP contribution in [0.25, 0.3) is 0 Å². The molecule has 2 aromatic rings. The fourth-order valence-electron chi connectivity index (χ4n) is 3.23. The van der Waals surface area contributed by atoms with E-state index in [0.29, 0.717) is 25.5 Å². The Morgan fingerprint density at radius 3 is 2.41 bits per heavy atom. The lowest BCUT2D eigenvalue weighted by molar-refractivity contribution is -0.274. The third-order valence-corrected chi connectivity index (χ3v) is 4.80. The summed E-state index contributed by atoms with van der Waals surface area (Å²) in [7, 11) is 0. The van der Waals surface area contributed by atoms with Gasteiger partial charge in [-0.25, -0.2) is 9.97 Å². The Hall–Kier alpha value is -3.88. The van der Waals surface area contributed by atoms with Gasteiger partial charge in [-0.1, -0.05) is 0 Å². The number of anilines is 2. The number of hydrogen-bond acceptors (Lipinski definition) is 7. The molecule has 1 aromatic heterocycles. The maximum atomic E-state index is 12.2. The van der Waals surface area contributed by atoms with Gasteiger partial charge in [-0.2, -0.15) is 5.26 Å². The van der Waals surface area contributed by atoms with E-state index in [-0.39, 0.29) is 17.3 Å². The molecule has 0 atom stereocenters. The number of alkyl halides is 3. The second kappa shape index (κ2) is 9.95. The number of rotatable bonds is 5. The van der Waals surface area contributed by atoms with E-state index in [9.17, 15) is 22.8 Å². The van der Waals surface area contributed by atoms with Gasteiger partial charge < -0.3 is 20.3 Å². The first-order chi connectivity index (χ1) is 15.2. The van der Waals surface area contributed by atoms with Crippen molar-refractivity contribution in [1.82, 2.24) is 15.3 Å². The molecule has 12 heteroatoms. The molecular weight excluding hydrogens is 429 g/mol. The number of carbonyl (C=O) groups excluding carboxylic acids is 2. The lowest BCUT2D eigenvalue weighted by Crippen LogP contribution is -2.42. The highest BCUT2D eigenvalue weighted by Crippen LogP contribution is 2.24. The molecule has 2 amide bonds. The predicted molar refractivity (Wildman–Crippen MR) is 106 cm³/mol. The maximum Gasteiger partial charge on any atom is 0.573 e. The highest BCUT2D eigenvalue weighted by molar-refractivity contribution is 6.39. The van der Waals surface area contributed by atoms with Crippen molar-refractivity contribution in [3.8, 4) is 11.8 Å². The highest BCUT2D eigenvalue weighted by Gasteiger charge is 2.31. The van der Waals surface area contributed by atoms with Crippen LogP contribution in [0.3, 0.4) is 0 Å². The van der Waals surface area contributed by atoms with E-state index in [0.717, 1.165) is 25.0 Å². The summed E-state index contributed by atoms with van der Waals surface area (Å²) >= 11 is 0. The van der Waals surface area contributed by atoms with E-state index >= 15 is 0 Å². The van der Waals surface area contributed by atoms with Crippen molar-refractivity contribution in [2.24, 2.45) is 5.92 Å². The molecule has 168 valence electrons. The third-order valence-electron chi connectivity index (χ3n) is 4.80. The minimum Gasteiger partial charge on any atom is -0.406 e. The summed E-state index contributed by atoms with van der Waals surface area (Å²) in [5.74, 6) is -1.53. The molecule has 2 heterocycles. The van der Waals surface area contributed by atoms with Crippen molar-refractivity contribution in [3.63, 3.8) is 0 Å². The average Bonchev–Trinajstić information content (AvgIpc) is 2.78. The van der Waals surface area contributed by atoms with E-state index in [1.165, 1.54) is 24.5 Å². The van der Waals surface area contributed by atoms with Crippen LogP contribution >= 0.6 is 0 Å². The summed E-state index contributed by atoms with van der Waals surface area (Å²) in [6, 6.07) is 6.48. The van der Waals surface area contributed by atoms with Gasteiger partial charge in [0.2, 0.25) is 0 Å². The summed E-state index contributed by atoms with van der Waals surface area (Å²) in [5.41, 5.74) is 0.416. The number of piperidine rings is 1. The number of amides is 2. The Bertz CT molecular complexity index is 999. The lowest BCUT2D eigenvalue weighted by atomic mass is 9.96. The number of benzene rings is 1. The van der Waals surface area contributed by atoms with Crippen LogP contribution in [0.1, 0.15) is 18.5 Å². The first kappa shape index (κ1) is 22.8. The molecule has 9 nitrogen and oxygen atoms in total. The van der Waals surface area contributed by atoms with E-state index in [1.807, 2.05) is 11.0 Å². The quantitative estimate of drug-likeness (QED) is 0.673. The number of halogens is 3. The van der Waals surface area contributed by atoms with E-state index < -0.39 is 23.9 Å². The molecule has 0 spiro atoms. The monoisotopic (exact) mass is 448 g/mol. The Kier molecular flexibility index (Phi) is 7.09. The van der Waals surface area contributed by atoms with Gasteiger partial charge in [0.05, 0.1) is 0 Å². The lowest BCUT2D eigenvalue weighted by Gasteiger charge is -2.32. The number of hydrogen-bond donors (Lipinski definition) is 2. The number of nitrogens with zero attached hydrogens (tertiary/aromatic N) is 4. The fourth-order valence-corrected chi connectivity index (χ4v) is 3.23. The standard InChI is InChI=1S/C20H19F3N6O3/c21-20(22,23)32-15-3-1-14(2-4-15)28-19(31)18(30)27-12-13-5-9-29(10-6-13)17-16(11-24)25-7-8-26-17/h1-4,7-8,13H,5-6,9-10,12H2,(H,27,30)(H,28,31). The summed E-state index contributed by atoms with van der Waals surface area (Å²) in [4.78, 5) is 34.2. The third kappa shape index (κ3) is 6.31. The first-order valence-corrected chi connectivity index (χ1v) is 9.66. The topological polar surface area (TPSA) is 120 Å². The van der Waals surface area contributed by atoms with Gasteiger partial charge in [0.15, 0.2) is 11.5 Å². The van der Waals surface area contributed by atoms with Gasteiger partial charge in [-0.05, 0) is 43.0 Å². The van der Waals surface area contributed by atoms with Crippen LogP contribution in [-0.2, 0) is 9.59 Å². The van der Waals surface area contributed by atoms with Crippen molar-refractivity contribution in [1.29, 1.82) is 5.26 Å². The van der Waals surface area contributed by atoms with E-state index in [2.05, 4.69) is 25.3 Å². The number of ether oxygens (including phenoxy) is 1. The Balaban J connectivity index is 1.43. The zero-order chi connectivity index (χ0) is 23.1. The molecule has 0 bridgehead atoms. The van der Waals surface area contributed by atoms with Gasteiger partial charge >= 0.3 is 18.2 Å². The fraction of sp³-hybridized carbons (Fsp3) is 0.350. The summed E-state index contributed by atoms with van der Waals surface area (Å²) in [6.07, 6.45) is -0.376. The maximum absolute atomic E-state index is 12.2. The number of nitrogens with one attached hydrogen (secondary N) is 2. The van der Waals surface area contributed by atoms with Crippen LogP contribution in [0.4, 0.5) is 24.7 Å². The number of carbonyl (C=O) groups is 2. The molecular formula is C20H19F3N6O3. The van der Waals surface area contributed by atoms with E-state index in [4.69, 9.17) is 5.26 Å². The van der Waals surface area contributed by atoms with Gasteiger partial charge in [-0.3, -0.25) is 9.59 Å². The highest BCUT2D eigenvalue weighted by atomic mass is 19.4. The number of nitriles is 1. The Morgan fingerprint density at radius 1 is 1.12 bits per heavy atom. The van der Waals surface area contributed by atoms with Crippen molar-refractivity contribution in [2.75, 3.05) is 29.9 Å². The molecule has 32 heavy (non-hydrogen) atoms. The smallest absolute Gasteiger partial charge is 0.406 e. The zero-order valence-corrected chi connectivity index (χ0v) is 16.7. The molecule has 3 rings (SSSR count). The van der Waals surface area contributed by atoms with Crippen LogP contribution in [0.2, 0.25) is 0 Å². The van der Waals surface area contributed by atoms with Crippen molar-refractivity contribution >= 4 is 23.3 Å². The Labute approximate surface area is 181 Å². The Morgan fingerprint density at radius 2 is 1.78 bits per heavy atom. The van der Waals surface area contributed by atoms with Crippen LogP contribution in [-0.4, -0.2) is 47.8 Å². The molecule has 2 N–H and O–H groups in total. The largest absolute Gasteiger partial charge is 0.573 e. The average molecular weight is 448 g/mol. The van der Waals surface area contributed by atoms with Gasteiger partial charge in [0.1, 0.15) is 11.8 Å². The summed E-state index contributed by atoms with van der Waals surface area (Å²) < 4.78 is 40.3. The molecule has 1 saturated heterocycles. The van der Waals surface area contributed by atoms with Crippen LogP contribution in [0.5, 0.6) is 5.75 Å². The first-order valence-electron chi connectivity index (χ1n) is 9.66. The minimum absolute atomic E-state index is 0.143. The molecule has 1 fully saturated rings. The normalized spacial score (nSPS) is 14.4. The molecule has 0 aliphatic carbocycles. The van der Waals surface area contributed by atoms with Crippen molar-refractivity contribution < 1.29 is 27.5 Å². The SMILES string of the molecule is N#Cc1nccnc1N1CCC(CNC(=O)C(=O)Nc2ccc(OC(F)(F)F)cc2)CC1. The predicted octanol–water partition coefficient (Wildman–Crippen LogP) is 2.22.